The first kappa shape index (κ1) is 20.6. The lowest BCUT2D eigenvalue weighted by Crippen LogP contribution is -2.44. The SMILES string of the molecule is CC(C)C[C@@H](NC(=O)CN1C(=O)N[C@](C)(c2ccccc2)C1=O)c1ccccc1. The highest BCUT2D eigenvalue weighted by atomic mass is 16.2. The number of benzene rings is 2. The van der Waals surface area contributed by atoms with Gasteiger partial charge in [-0.1, -0.05) is 74.5 Å². The maximum absolute atomic E-state index is 13.0. The fourth-order valence-electron chi connectivity index (χ4n) is 3.63. The van der Waals surface area contributed by atoms with Gasteiger partial charge in [0.25, 0.3) is 5.91 Å². The summed E-state index contributed by atoms with van der Waals surface area (Å²) in [6.07, 6.45) is 0.762. The number of rotatable bonds is 7. The van der Waals surface area contributed by atoms with Crippen molar-refractivity contribution in [1.29, 1.82) is 0 Å². The molecule has 1 saturated heterocycles. The Bertz CT molecular complexity index is 883. The summed E-state index contributed by atoms with van der Waals surface area (Å²) >= 11 is 0. The van der Waals surface area contributed by atoms with Gasteiger partial charge in [0.1, 0.15) is 12.1 Å². The van der Waals surface area contributed by atoms with Crippen molar-refractivity contribution in [2.75, 3.05) is 6.54 Å². The first-order valence-electron chi connectivity index (χ1n) is 9.85. The highest BCUT2D eigenvalue weighted by Gasteiger charge is 2.49. The minimum Gasteiger partial charge on any atom is -0.348 e. The molecule has 2 aromatic rings. The summed E-state index contributed by atoms with van der Waals surface area (Å²) in [7, 11) is 0. The van der Waals surface area contributed by atoms with Crippen molar-refractivity contribution in [3.63, 3.8) is 0 Å². The lowest BCUT2D eigenvalue weighted by molar-refractivity contribution is -0.135. The van der Waals surface area contributed by atoms with Crippen molar-refractivity contribution in [2.45, 2.75) is 38.8 Å². The van der Waals surface area contributed by atoms with Crippen LogP contribution in [0.4, 0.5) is 4.79 Å². The molecule has 6 nitrogen and oxygen atoms in total. The average Bonchev–Trinajstić information content (AvgIpc) is 2.92. The smallest absolute Gasteiger partial charge is 0.325 e. The van der Waals surface area contributed by atoms with E-state index < -0.39 is 17.5 Å². The van der Waals surface area contributed by atoms with E-state index in [9.17, 15) is 14.4 Å². The fourth-order valence-corrected chi connectivity index (χ4v) is 3.63. The number of amides is 4. The molecule has 0 aliphatic carbocycles. The number of nitrogens with one attached hydrogen (secondary N) is 2. The Balaban J connectivity index is 1.72. The van der Waals surface area contributed by atoms with Gasteiger partial charge in [0.15, 0.2) is 0 Å². The summed E-state index contributed by atoms with van der Waals surface area (Å²) < 4.78 is 0. The van der Waals surface area contributed by atoms with E-state index in [1.807, 2.05) is 48.5 Å². The second-order valence-electron chi connectivity index (χ2n) is 7.97. The first-order valence-corrected chi connectivity index (χ1v) is 9.85. The van der Waals surface area contributed by atoms with Gasteiger partial charge >= 0.3 is 6.03 Å². The van der Waals surface area contributed by atoms with Gasteiger partial charge in [-0.15, -0.1) is 0 Å². The number of urea groups is 1. The van der Waals surface area contributed by atoms with Crippen molar-refractivity contribution in [1.82, 2.24) is 15.5 Å². The van der Waals surface area contributed by atoms with Crippen LogP contribution in [0.5, 0.6) is 0 Å². The van der Waals surface area contributed by atoms with Crippen molar-refractivity contribution in [2.24, 2.45) is 5.92 Å². The molecule has 0 unspecified atom stereocenters. The first-order chi connectivity index (χ1) is 13.8. The molecule has 2 N–H and O–H groups in total. The van der Waals surface area contributed by atoms with E-state index in [0.29, 0.717) is 11.5 Å². The average molecular weight is 393 g/mol. The predicted molar refractivity (Wildman–Crippen MR) is 111 cm³/mol. The highest BCUT2D eigenvalue weighted by Crippen LogP contribution is 2.28. The van der Waals surface area contributed by atoms with Gasteiger partial charge in [-0.05, 0) is 30.4 Å². The van der Waals surface area contributed by atoms with E-state index in [-0.39, 0.29) is 18.5 Å². The third-order valence-electron chi connectivity index (χ3n) is 5.17. The molecule has 0 saturated carbocycles. The largest absolute Gasteiger partial charge is 0.348 e. The van der Waals surface area contributed by atoms with Gasteiger partial charge in [0.2, 0.25) is 5.91 Å². The molecule has 0 aromatic heterocycles. The van der Waals surface area contributed by atoms with Gasteiger partial charge in [-0.2, -0.15) is 0 Å². The zero-order valence-corrected chi connectivity index (χ0v) is 17.0. The van der Waals surface area contributed by atoms with E-state index in [1.165, 1.54) is 0 Å². The molecule has 4 amide bonds. The van der Waals surface area contributed by atoms with Crippen molar-refractivity contribution in [3.05, 3.63) is 71.8 Å². The maximum atomic E-state index is 13.0. The van der Waals surface area contributed by atoms with Crippen LogP contribution in [-0.4, -0.2) is 29.3 Å². The Labute approximate surface area is 171 Å². The van der Waals surface area contributed by atoms with E-state index in [2.05, 4.69) is 24.5 Å². The summed E-state index contributed by atoms with van der Waals surface area (Å²) in [5.74, 6) is -0.414. The molecular weight excluding hydrogens is 366 g/mol. The quantitative estimate of drug-likeness (QED) is 0.708. The Kier molecular flexibility index (Phi) is 6.01. The summed E-state index contributed by atoms with van der Waals surface area (Å²) in [6.45, 7) is 5.52. The molecule has 1 heterocycles. The van der Waals surface area contributed by atoms with Crippen LogP contribution in [0.1, 0.15) is 44.4 Å². The molecule has 152 valence electrons. The molecule has 1 aliphatic heterocycles. The molecule has 2 atom stereocenters. The zero-order chi connectivity index (χ0) is 21.0. The van der Waals surface area contributed by atoms with E-state index >= 15 is 0 Å². The monoisotopic (exact) mass is 393 g/mol. The van der Waals surface area contributed by atoms with Crippen LogP contribution >= 0.6 is 0 Å². The minimum atomic E-state index is -1.17. The van der Waals surface area contributed by atoms with Gasteiger partial charge in [0.05, 0.1) is 6.04 Å². The van der Waals surface area contributed by atoms with Gasteiger partial charge < -0.3 is 10.6 Å². The number of hydrogen-bond donors (Lipinski definition) is 2. The summed E-state index contributed by atoms with van der Waals surface area (Å²) in [5, 5.41) is 5.71. The van der Waals surface area contributed by atoms with Gasteiger partial charge in [0, 0.05) is 0 Å². The molecule has 0 bridgehead atoms. The lowest BCUT2D eigenvalue weighted by Gasteiger charge is -2.23. The van der Waals surface area contributed by atoms with Crippen LogP contribution in [0.25, 0.3) is 0 Å². The standard InChI is InChI=1S/C23H27N3O3/c1-16(2)14-19(17-10-6-4-7-11-17)24-20(27)15-26-21(28)23(3,25-22(26)29)18-12-8-5-9-13-18/h4-13,16,19H,14-15H2,1-3H3,(H,24,27)(H,25,29)/t19-,23-/m1/s1. The van der Waals surface area contributed by atoms with Crippen molar-refractivity contribution in [3.8, 4) is 0 Å². The summed E-state index contributed by atoms with van der Waals surface area (Å²) in [6, 6.07) is 18.0. The summed E-state index contributed by atoms with van der Waals surface area (Å²) in [5.41, 5.74) is 0.513. The van der Waals surface area contributed by atoms with Crippen molar-refractivity contribution >= 4 is 17.8 Å². The fraction of sp³-hybridized carbons (Fsp3) is 0.348. The Morgan fingerprint density at radius 2 is 1.62 bits per heavy atom. The zero-order valence-electron chi connectivity index (χ0n) is 17.0. The maximum Gasteiger partial charge on any atom is 0.325 e. The lowest BCUT2D eigenvalue weighted by atomic mass is 9.92. The van der Waals surface area contributed by atoms with E-state index in [0.717, 1.165) is 16.9 Å². The molecule has 1 aliphatic rings. The van der Waals surface area contributed by atoms with E-state index in [4.69, 9.17) is 0 Å². The van der Waals surface area contributed by atoms with Crippen LogP contribution in [0.2, 0.25) is 0 Å². The van der Waals surface area contributed by atoms with Gasteiger partial charge in [-0.25, -0.2) is 4.79 Å². The van der Waals surface area contributed by atoms with Crippen molar-refractivity contribution < 1.29 is 14.4 Å². The number of nitrogens with zero attached hydrogens (tertiary/aromatic N) is 1. The Hall–Kier alpha value is -3.15. The van der Waals surface area contributed by atoms with Crippen LogP contribution in [0.15, 0.2) is 60.7 Å². The Morgan fingerprint density at radius 3 is 2.21 bits per heavy atom. The number of carbonyl (C=O) groups is 3. The molecular formula is C23H27N3O3. The third kappa shape index (κ3) is 4.47. The van der Waals surface area contributed by atoms with Gasteiger partial charge in [-0.3, -0.25) is 14.5 Å². The second-order valence-corrected chi connectivity index (χ2v) is 7.97. The predicted octanol–water partition coefficient (Wildman–Crippen LogP) is 3.36. The second kappa shape index (κ2) is 8.47. The molecule has 0 spiro atoms. The third-order valence-corrected chi connectivity index (χ3v) is 5.17. The Morgan fingerprint density at radius 1 is 1.03 bits per heavy atom. The number of imide groups is 1. The normalized spacial score (nSPS) is 19.9. The molecule has 2 aromatic carbocycles. The highest BCUT2D eigenvalue weighted by molar-refractivity contribution is 6.09. The number of carbonyl (C=O) groups excluding carboxylic acids is 3. The molecule has 0 radical (unpaired) electrons. The number of hydrogen-bond acceptors (Lipinski definition) is 3. The van der Waals surface area contributed by atoms with Crippen LogP contribution in [0.3, 0.4) is 0 Å². The molecule has 1 fully saturated rings. The summed E-state index contributed by atoms with van der Waals surface area (Å²) in [4.78, 5) is 39.1. The molecule has 6 heteroatoms. The van der Waals surface area contributed by atoms with Crippen LogP contribution in [-0.2, 0) is 15.1 Å². The van der Waals surface area contributed by atoms with E-state index in [1.54, 1.807) is 19.1 Å². The molecule has 3 rings (SSSR count). The van der Waals surface area contributed by atoms with Crippen LogP contribution in [0, 0.1) is 5.92 Å². The van der Waals surface area contributed by atoms with Crippen LogP contribution < -0.4 is 10.6 Å². The topological polar surface area (TPSA) is 78.5 Å². The molecule has 29 heavy (non-hydrogen) atoms. The minimum absolute atomic E-state index is 0.176.